The van der Waals surface area contributed by atoms with Crippen molar-refractivity contribution >= 4 is 29.2 Å². The van der Waals surface area contributed by atoms with Gasteiger partial charge < -0.3 is 25.4 Å². The number of halogens is 4. The van der Waals surface area contributed by atoms with Crippen molar-refractivity contribution in [3.63, 3.8) is 0 Å². The lowest BCUT2D eigenvalue weighted by Crippen LogP contribution is -2.55. The molecular weight excluding hydrogens is 537 g/mol. The molecule has 2 amide bonds. The molecule has 0 aliphatic carbocycles. The van der Waals surface area contributed by atoms with E-state index in [0.29, 0.717) is 41.4 Å². The maximum atomic E-state index is 13.2. The monoisotopic (exact) mass is 568 g/mol. The number of benzene rings is 1. The summed E-state index contributed by atoms with van der Waals surface area (Å²) in [4.78, 5) is 31.8. The molecule has 12 heteroatoms. The molecule has 3 heterocycles. The number of carbonyl (C=O) groups is 2. The number of fused-ring (bicyclic) bond motifs is 2. The molecule has 2 aliphatic rings. The normalized spacial score (nSPS) is 21.0. The van der Waals surface area contributed by atoms with E-state index in [-0.39, 0.29) is 36.2 Å². The number of ether oxygens (including phenoxy) is 1. The highest BCUT2D eigenvalue weighted by Gasteiger charge is 2.43. The molecule has 1 aromatic heterocycles. The van der Waals surface area contributed by atoms with Crippen LogP contribution in [-0.4, -0.2) is 65.0 Å². The minimum Gasteiger partial charge on any atom is -0.478 e. The summed E-state index contributed by atoms with van der Waals surface area (Å²) in [5.41, 5.74) is -0.394. The molecule has 3 atom stereocenters. The van der Waals surface area contributed by atoms with Crippen LogP contribution in [0.5, 0.6) is 5.75 Å². The molecular formula is C27H32ClF3N4O4. The number of aromatic nitrogens is 1. The molecule has 39 heavy (non-hydrogen) atoms. The standard InChI is InChI=1S/C27H32ClF3N4O4/c1-26(2,39-22-7-4-18(28)11-16(22)9-10-36)25(38)34-19-12-20-5-6-21(13-19)35(20)23-8-3-17(14-32-23)24(37)33-15-27(29,30)31/h3-4,7-8,11,14,19-21,36H,5-6,9-10,12-13,15H2,1-2H3,(H,33,37)(H,34,38)/t19-,20+,21-. The van der Waals surface area contributed by atoms with Crippen LogP contribution < -0.4 is 20.3 Å². The van der Waals surface area contributed by atoms with E-state index < -0.39 is 24.2 Å². The average molecular weight is 569 g/mol. The van der Waals surface area contributed by atoms with Gasteiger partial charge in [-0.05, 0) is 81.8 Å². The number of piperidine rings is 1. The number of pyridine rings is 1. The van der Waals surface area contributed by atoms with Crippen LogP contribution in [0.1, 0.15) is 55.5 Å². The molecule has 0 unspecified atom stereocenters. The molecule has 2 saturated heterocycles. The van der Waals surface area contributed by atoms with Gasteiger partial charge in [0.05, 0.1) is 5.56 Å². The summed E-state index contributed by atoms with van der Waals surface area (Å²) in [6.45, 7) is 1.91. The molecule has 0 saturated carbocycles. The number of anilines is 1. The van der Waals surface area contributed by atoms with E-state index in [9.17, 15) is 27.9 Å². The Hall–Kier alpha value is -3.05. The number of hydrogen-bond acceptors (Lipinski definition) is 6. The molecule has 3 N–H and O–H groups in total. The Labute approximate surface area is 229 Å². The lowest BCUT2D eigenvalue weighted by molar-refractivity contribution is -0.135. The minimum atomic E-state index is -4.48. The third-order valence-electron chi connectivity index (χ3n) is 7.11. The van der Waals surface area contributed by atoms with Gasteiger partial charge in [-0.1, -0.05) is 11.6 Å². The second-order valence-electron chi connectivity index (χ2n) is 10.5. The van der Waals surface area contributed by atoms with Gasteiger partial charge in [-0.3, -0.25) is 9.59 Å². The van der Waals surface area contributed by atoms with Crippen molar-refractivity contribution in [1.29, 1.82) is 0 Å². The predicted octanol–water partition coefficient (Wildman–Crippen LogP) is 4.04. The van der Waals surface area contributed by atoms with Crippen LogP contribution in [-0.2, 0) is 11.2 Å². The zero-order valence-corrected chi connectivity index (χ0v) is 22.5. The van der Waals surface area contributed by atoms with Crippen LogP contribution >= 0.6 is 11.6 Å². The SMILES string of the molecule is CC(C)(Oc1ccc(Cl)cc1CCO)C(=O)N[C@H]1C[C@H]2CC[C@@H](C1)N2c1ccc(C(=O)NCC(F)(F)F)cn1. The Bertz CT molecular complexity index is 1180. The first-order valence-corrected chi connectivity index (χ1v) is 13.2. The van der Waals surface area contributed by atoms with Crippen LogP contribution in [0.4, 0.5) is 19.0 Å². The molecule has 2 aliphatic heterocycles. The summed E-state index contributed by atoms with van der Waals surface area (Å²) in [5.74, 6) is 0.0628. The van der Waals surface area contributed by atoms with Gasteiger partial charge in [-0.25, -0.2) is 4.98 Å². The second kappa shape index (κ2) is 11.6. The fourth-order valence-corrected chi connectivity index (χ4v) is 5.46. The van der Waals surface area contributed by atoms with Crippen LogP contribution in [0.3, 0.4) is 0 Å². The zero-order valence-electron chi connectivity index (χ0n) is 21.7. The highest BCUT2D eigenvalue weighted by atomic mass is 35.5. The predicted molar refractivity (Wildman–Crippen MR) is 140 cm³/mol. The zero-order chi connectivity index (χ0) is 28.4. The van der Waals surface area contributed by atoms with Crippen LogP contribution in [0, 0.1) is 0 Å². The first-order valence-electron chi connectivity index (χ1n) is 12.8. The number of carbonyl (C=O) groups excluding carboxylic acids is 2. The largest absolute Gasteiger partial charge is 0.478 e. The van der Waals surface area contributed by atoms with Gasteiger partial charge in [-0.2, -0.15) is 13.2 Å². The summed E-state index contributed by atoms with van der Waals surface area (Å²) in [7, 11) is 0. The number of alkyl halides is 3. The molecule has 212 valence electrons. The van der Waals surface area contributed by atoms with Gasteiger partial charge in [0.2, 0.25) is 0 Å². The molecule has 0 radical (unpaired) electrons. The summed E-state index contributed by atoms with van der Waals surface area (Å²) >= 11 is 6.07. The molecule has 8 nitrogen and oxygen atoms in total. The Balaban J connectivity index is 1.36. The van der Waals surface area contributed by atoms with Gasteiger partial charge >= 0.3 is 6.18 Å². The average Bonchev–Trinajstić information content (AvgIpc) is 3.14. The molecule has 0 spiro atoms. The lowest BCUT2D eigenvalue weighted by Gasteiger charge is -2.41. The number of nitrogens with zero attached hydrogens (tertiary/aromatic N) is 2. The number of nitrogens with one attached hydrogen (secondary N) is 2. The fourth-order valence-electron chi connectivity index (χ4n) is 5.27. The highest BCUT2D eigenvalue weighted by Crippen LogP contribution is 2.39. The third kappa shape index (κ3) is 7.13. The molecule has 2 bridgehead atoms. The number of aliphatic hydroxyl groups excluding tert-OH is 1. The highest BCUT2D eigenvalue weighted by molar-refractivity contribution is 6.30. The quantitative estimate of drug-likeness (QED) is 0.422. The van der Waals surface area contributed by atoms with E-state index >= 15 is 0 Å². The van der Waals surface area contributed by atoms with Gasteiger partial charge in [0.15, 0.2) is 5.60 Å². The third-order valence-corrected chi connectivity index (χ3v) is 7.34. The maximum Gasteiger partial charge on any atom is 0.405 e. The van der Waals surface area contributed by atoms with Crippen molar-refractivity contribution in [3.05, 3.63) is 52.7 Å². The Morgan fingerprint density at radius 3 is 2.44 bits per heavy atom. The Morgan fingerprint density at radius 1 is 1.15 bits per heavy atom. The van der Waals surface area contributed by atoms with E-state index in [1.54, 1.807) is 38.1 Å². The van der Waals surface area contributed by atoms with Crippen molar-refractivity contribution < 1.29 is 32.6 Å². The van der Waals surface area contributed by atoms with Crippen LogP contribution in [0.15, 0.2) is 36.5 Å². The van der Waals surface area contributed by atoms with Crippen LogP contribution in [0.2, 0.25) is 5.02 Å². The van der Waals surface area contributed by atoms with Crippen molar-refractivity contribution in [3.8, 4) is 5.75 Å². The molecule has 2 aromatic rings. The second-order valence-corrected chi connectivity index (χ2v) is 10.9. The lowest BCUT2D eigenvalue weighted by atomic mass is 9.96. The summed E-state index contributed by atoms with van der Waals surface area (Å²) in [6, 6.07) is 8.40. The van der Waals surface area contributed by atoms with E-state index in [1.807, 2.05) is 5.32 Å². The van der Waals surface area contributed by atoms with Crippen molar-refractivity contribution in [1.82, 2.24) is 15.6 Å². The smallest absolute Gasteiger partial charge is 0.405 e. The van der Waals surface area contributed by atoms with E-state index in [0.717, 1.165) is 12.8 Å². The van der Waals surface area contributed by atoms with Crippen molar-refractivity contribution in [2.24, 2.45) is 0 Å². The van der Waals surface area contributed by atoms with Crippen molar-refractivity contribution in [2.45, 2.75) is 75.9 Å². The number of amides is 2. The minimum absolute atomic E-state index is 0.0579. The number of hydrogen-bond donors (Lipinski definition) is 3. The van der Waals surface area contributed by atoms with Gasteiger partial charge in [-0.15, -0.1) is 0 Å². The number of aliphatic hydroxyl groups is 1. The molecule has 2 fully saturated rings. The molecule has 4 rings (SSSR count). The van der Waals surface area contributed by atoms with Crippen molar-refractivity contribution in [2.75, 3.05) is 18.1 Å². The fraction of sp³-hybridized carbons (Fsp3) is 0.519. The summed E-state index contributed by atoms with van der Waals surface area (Å²) in [6.07, 6.45) is 0.388. The van der Waals surface area contributed by atoms with E-state index in [2.05, 4.69) is 15.2 Å². The first kappa shape index (κ1) is 28.9. The topological polar surface area (TPSA) is 104 Å². The van der Waals surface area contributed by atoms with Gasteiger partial charge in [0.1, 0.15) is 18.1 Å². The maximum absolute atomic E-state index is 13.2. The van der Waals surface area contributed by atoms with Gasteiger partial charge in [0.25, 0.3) is 11.8 Å². The summed E-state index contributed by atoms with van der Waals surface area (Å²) in [5, 5.41) is 14.9. The van der Waals surface area contributed by atoms with Crippen LogP contribution in [0.25, 0.3) is 0 Å². The Kier molecular flexibility index (Phi) is 8.60. The number of rotatable bonds is 9. The summed E-state index contributed by atoms with van der Waals surface area (Å²) < 4.78 is 43.2. The molecule has 1 aromatic carbocycles. The van der Waals surface area contributed by atoms with E-state index in [4.69, 9.17) is 16.3 Å². The van der Waals surface area contributed by atoms with E-state index in [1.165, 1.54) is 12.3 Å². The first-order chi connectivity index (χ1) is 18.4. The van der Waals surface area contributed by atoms with Gasteiger partial charge in [0, 0.05) is 36.0 Å². The Morgan fingerprint density at radius 2 is 1.85 bits per heavy atom.